The molecule has 5 rings (SSSR count). The maximum Gasteiger partial charge on any atom is 0.152 e. The number of anilines is 1. The third-order valence-electron chi connectivity index (χ3n) is 8.52. The first-order chi connectivity index (χ1) is 13.7. The van der Waals surface area contributed by atoms with Gasteiger partial charge in [0.1, 0.15) is 0 Å². The third kappa shape index (κ3) is 3.40. The van der Waals surface area contributed by atoms with Gasteiger partial charge in [-0.1, -0.05) is 37.8 Å². The van der Waals surface area contributed by atoms with Crippen LogP contribution in [0.25, 0.3) is 0 Å². The molecule has 2 unspecified atom stereocenters. The highest BCUT2D eigenvalue weighted by molar-refractivity contribution is 5.84. The molecule has 0 aromatic heterocycles. The summed E-state index contributed by atoms with van der Waals surface area (Å²) in [6, 6.07) is 11.0. The predicted molar refractivity (Wildman–Crippen MR) is 115 cm³/mol. The molecule has 4 fully saturated rings. The van der Waals surface area contributed by atoms with Gasteiger partial charge in [-0.25, -0.2) is 0 Å². The van der Waals surface area contributed by atoms with Gasteiger partial charge in [0.15, 0.2) is 6.29 Å². The molecule has 3 heteroatoms. The maximum absolute atomic E-state index is 11.5. The number of carbonyl (C=O) groups is 1. The number of hydrogen-bond donors (Lipinski definition) is 0. The van der Waals surface area contributed by atoms with Crippen molar-refractivity contribution in [2.45, 2.75) is 94.8 Å². The number of aldehydes is 1. The minimum Gasteiger partial charge on any atom is -0.371 e. The minimum absolute atomic E-state index is 0.566. The van der Waals surface area contributed by atoms with Gasteiger partial charge in [-0.2, -0.15) is 0 Å². The van der Waals surface area contributed by atoms with Crippen molar-refractivity contribution in [3.63, 3.8) is 0 Å². The van der Waals surface area contributed by atoms with Gasteiger partial charge in [0.25, 0.3) is 0 Å². The van der Waals surface area contributed by atoms with Gasteiger partial charge >= 0.3 is 0 Å². The molecule has 3 nitrogen and oxygen atoms in total. The lowest BCUT2D eigenvalue weighted by Gasteiger charge is -2.56. The fourth-order valence-electron chi connectivity index (χ4n) is 7.35. The minimum atomic E-state index is 0.566. The van der Waals surface area contributed by atoms with Crippen molar-refractivity contribution in [2.24, 2.45) is 11.8 Å². The van der Waals surface area contributed by atoms with E-state index in [1.807, 2.05) is 12.1 Å². The van der Waals surface area contributed by atoms with E-state index in [0.29, 0.717) is 6.04 Å². The zero-order chi connectivity index (χ0) is 19.1. The summed E-state index contributed by atoms with van der Waals surface area (Å²) in [4.78, 5) is 17.0. The molecule has 2 saturated carbocycles. The molecular formula is C25H36N2O. The number of hydrogen-bond acceptors (Lipinski definition) is 3. The van der Waals surface area contributed by atoms with Crippen molar-refractivity contribution in [3.05, 3.63) is 29.8 Å². The van der Waals surface area contributed by atoms with E-state index < -0.39 is 0 Å². The van der Waals surface area contributed by atoms with Crippen LogP contribution in [0.15, 0.2) is 24.3 Å². The molecule has 4 bridgehead atoms. The van der Waals surface area contributed by atoms with Crippen LogP contribution in [0.1, 0.15) is 81.0 Å². The number of fused-ring (bicyclic) bond motifs is 4. The van der Waals surface area contributed by atoms with Crippen LogP contribution in [-0.2, 0) is 0 Å². The van der Waals surface area contributed by atoms with E-state index in [4.69, 9.17) is 0 Å². The second-order valence-corrected chi connectivity index (χ2v) is 10.1. The van der Waals surface area contributed by atoms with E-state index in [1.165, 1.54) is 70.6 Å². The van der Waals surface area contributed by atoms with Crippen LogP contribution >= 0.6 is 0 Å². The van der Waals surface area contributed by atoms with E-state index in [-0.39, 0.29) is 0 Å². The lowest BCUT2D eigenvalue weighted by molar-refractivity contribution is -0.0405. The Balaban J connectivity index is 1.33. The number of rotatable bonds is 4. The monoisotopic (exact) mass is 380 g/mol. The summed E-state index contributed by atoms with van der Waals surface area (Å²) >= 11 is 0. The van der Waals surface area contributed by atoms with Crippen molar-refractivity contribution >= 4 is 12.0 Å². The Kier molecular flexibility index (Phi) is 5.21. The van der Waals surface area contributed by atoms with Crippen molar-refractivity contribution in [3.8, 4) is 0 Å². The average Bonchev–Trinajstić information content (AvgIpc) is 2.72. The molecule has 6 atom stereocenters. The molecular weight excluding hydrogens is 344 g/mol. The molecule has 0 amide bonds. The van der Waals surface area contributed by atoms with E-state index in [0.717, 1.165) is 47.5 Å². The van der Waals surface area contributed by atoms with Gasteiger partial charge in [0, 0.05) is 42.5 Å². The molecule has 2 aliphatic carbocycles. The Morgan fingerprint density at radius 3 is 2.18 bits per heavy atom. The molecule has 0 spiro atoms. The standard InChI is InChI=1S/C25H36N2O/c1-26(25-11-3-2-8-20(25)17-28)23-15-21-9-5-10-22(16-23)27(21)24-13-18-6-4-7-19(12-18)14-24/h2-3,8,11,17-19,21-24H,4-7,9-10,12-16H2,1H3/t18-,19+,21-,22+,23?,24?. The van der Waals surface area contributed by atoms with Gasteiger partial charge in [0.2, 0.25) is 0 Å². The maximum atomic E-state index is 11.5. The normalized spacial score (nSPS) is 38.0. The van der Waals surface area contributed by atoms with Crippen LogP contribution in [0.2, 0.25) is 0 Å². The molecule has 4 aliphatic rings. The van der Waals surface area contributed by atoms with Gasteiger partial charge < -0.3 is 4.90 Å². The van der Waals surface area contributed by atoms with Crippen LogP contribution in [0.5, 0.6) is 0 Å². The SMILES string of the molecule is CN(c1ccccc1C=O)C1C[C@H]2CCC[C@@H](C1)N2C1C[C@H]2CCC[C@@H](C1)C2. The van der Waals surface area contributed by atoms with Crippen LogP contribution < -0.4 is 4.90 Å². The Morgan fingerprint density at radius 1 is 0.857 bits per heavy atom. The fraction of sp³-hybridized carbons (Fsp3) is 0.720. The van der Waals surface area contributed by atoms with Crippen LogP contribution in [0.3, 0.4) is 0 Å². The summed E-state index contributed by atoms with van der Waals surface area (Å²) in [5.74, 6) is 2.02. The fourth-order valence-corrected chi connectivity index (χ4v) is 7.35. The lowest BCUT2D eigenvalue weighted by Crippen LogP contribution is -2.61. The molecule has 0 N–H and O–H groups in total. The molecule has 2 aliphatic heterocycles. The van der Waals surface area contributed by atoms with Crippen molar-refractivity contribution in [1.29, 1.82) is 0 Å². The summed E-state index contributed by atoms with van der Waals surface area (Å²) in [6.45, 7) is 0. The first kappa shape index (κ1) is 18.7. The van der Waals surface area contributed by atoms with E-state index in [2.05, 4.69) is 29.0 Å². The van der Waals surface area contributed by atoms with Crippen LogP contribution in [0.4, 0.5) is 5.69 Å². The average molecular weight is 381 g/mol. The summed E-state index contributed by atoms with van der Waals surface area (Å²) in [5, 5.41) is 0. The molecule has 2 heterocycles. The molecule has 1 aromatic carbocycles. The highest BCUT2D eigenvalue weighted by Crippen LogP contribution is 2.46. The van der Waals surface area contributed by atoms with Gasteiger partial charge in [-0.05, 0) is 68.9 Å². The Hall–Kier alpha value is -1.35. The molecule has 152 valence electrons. The lowest BCUT2D eigenvalue weighted by atomic mass is 9.68. The first-order valence-corrected chi connectivity index (χ1v) is 11.8. The van der Waals surface area contributed by atoms with Crippen molar-refractivity contribution in [2.75, 3.05) is 11.9 Å². The van der Waals surface area contributed by atoms with E-state index >= 15 is 0 Å². The summed E-state index contributed by atoms with van der Waals surface area (Å²) in [5.41, 5.74) is 1.94. The molecule has 28 heavy (non-hydrogen) atoms. The summed E-state index contributed by atoms with van der Waals surface area (Å²) in [6.07, 6.45) is 16.6. The largest absolute Gasteiger partial charge is 0.371 e. The zero-order valence-electron chi connectivity index (χ0n) is 17.4. The molecule has 1 aromatic rings. The van der Waals surface area contributed by atoms with Gasteiger partial charge in [-0.15, -0.1) is 0 Å². The van der Waals surface area contributed by atoms with Gasteiger partial charge in [-0.3, -0.25) is 9.69 Å². The van der Waals surface area contributed by atoms with E-state index in [1.54, 1.807) is 0 Å². The quantitative estimate of drug-likeness (QED) is 0.663. The third-order valence-corrected chi connectivity index (χ3v) is 8.52. The number of nitrogens with zero attached hydrogens (tertiary/aromatic N) is 2. The highest BCUT2D eigenvalue weighted by Gasteiger charge is 2.45. The van der Waals surface area contributed by atoms with E-state index in [9.17, 15) is 4.79 Å². The Labute approximate surface area is 170 Å². The van der Waals surface area contributed by atoms with Crippen LogP contribution in [-0.4, -0.2) is 42.4 Å². The molecule has 0 radical (unpaired) electrons. The topological polar surface area (TPSA) is 23.6 Å². The smallest absolute Gasteiger partial charge is 0.152 e. The number of para-hydroxylation sites is 1. The van der Waals surface area contributed by atoms with Gasteiger partial charge in [0.05, 0.1) is 0 Å². The zero-order valence-corrected chi connectivity index (χ0v) is 17.4. The summed E-state index contributed by atoms with van der Waals surface area (Å²) in [7, 11) is 2.21. The summed E-state index contributed by atoms with van der Waals surface area (Å²) < 4.78 is 0. The van der Waals surface area contributed by atoms with Crippen molar-refractivity contribution < 1.29 is 4.79 Å². The predicted octanol–water partition coefficient (Wildman–Crippen LogP) is 5.29. The number of benzene rings is 1. The number of piperidine rings is 2. The van der Waals surface area contributed by atoms with Crippen molar-refractivity contribution in [1.82, 2.24) is 4.90 Å². The molecule has 2 saturated heterocycles. The van der Waals surface area contributed by atoms with Crippen LogP contribution in [0, 0.1) is 11.8 Å². The Bertz CT molecular complexity index is 678. The second kappa shape index (κ2) is 7.82. The number of carbonyl (C=O) groups excluding carboxylic acids is 1. The second-order valence-electron chi connectivity index (χ2n) is 10.1. The Morgan fingerprint density at radius 2 is 1.50 bits per heavy atom. The first-order valence-electron chi connectivity index (χ1n) is 11.8. The highest BCUT2D eigenvalue weighted by atomic mass is 16.1.